The van der Waals surface area contributed by atoms with Gasteiger partial charge < -0.3 is 54.1 Å². The lowest BCUT2D eigenvalue weighted by molar-refractivity contribution is -0.154. The first-order chi connectivity index (χ1) is 20.2. The van der Waals surface area contributed by atoms with E-state index in [1.807, 2.05) is 62.3 Å². The number of carbonyl (C=O) groups excluding carboxylic acids is 1. The van der Waals surface area contributed by atoms with Crippen LogP contribution in [0.1, 0.15) is 75.2 Å². The molecule has 0 aromatic carbocycles. The van der Waals surface area contributed by atoms with Crippen LogP contribution < -0.4 is 0 Å². The first-order valence-corrected chi connectivity index (χ1v) is 30.7. The minimum Gasteiger partial charge on any atom is -0.465 e. The summed E-state index contributed by atoms with van der Waals surface area (Å²) in [6, 6.07) is 2.76. The SMILES string of the molecule is CCC(C)(C)C(=O)OCCC[Si]12O[SiH]3O[Si]4(CC)O[Si]5(CC)O[Si](CC)(O3)O[Si](CC)(O1)O[Si](CC)(O5)O[Si](CC)(O4)O2. The molecule has 248 valence electrons. The van der Waals surface area contributed by atoms with Gasteiger partial charge in [-0.2, -0.15) is 0 Å². The molecule has 14 nitrogen and oxygen atoms in total. The highest BCUT2D eigenvalue weighted by atomic mass is 28.6. The Balaban J connectivity index is 1.62. The van der Waals surface area contributed by atoms with Crippen molar-refractivity contribution in [1.29, 1.82) is 0 Å². The van der Waals surface area contributed by atoms with Crippen molar-refractivity contribution >= 4 is 77.1 Å². The molecule has 4 unspecified atom stereocenters. The summed E-state index contributed by atoms with van der Waals surface area (Å²) >= 11 is 0. The van der Waals surface area contributed by atoms with Crippen LogP contribution in [0.5, 0.6) is 0 Å². The molecule has 0 radical (unpaired) electrons. The van der Waals surface area contributed by atoms with Crippen molar-refractivity contribution in [2.45, 2.75) is 117 Å². The Hall–Kier alpha value is 0.725. The third-order valence-electron chi connectivity index (χ3n) is 8.52. The highest BCUT2D eigenvalue weighted by molar-refractivity contribution is 7.01. The fraction of sp³-hybridized carbons (Fsp3) is 0.952. The van der Waals surface area contributed by atoms with Gasteiger partial charge in [-0.1, -0.05) is 48.5 Å². The summed E-state index contributed by atoms with van der Waals surface area (Å²) in [4.78, 5) is 12.7. The number of esters is 1. The van der Waals surface area contributed by atoms with Crippen LogP contribution in [0.25, 0.3) is 0 Å². The van der Waals surface area contributed by atoms with Crippen molar-refractivity contribution in [3.63, 3.8) is 0 Å². The van der Waals surface area contributed by atoms with Crippen LogP contribution in [-0.4, -0.2) is 83.7 Å². The number of hydrogen-bond donors (Lipinski definition) is 0. The molecule has 6 aliphatic heterocycles. The van der Waals surface area contributed by atoms with Gasteiger partial charge in [0.1, 0.15) is 0 Å². The Morgan fingerprint density at radius 3 is 1.23 bits per heavy atom. The summed E-state index contributed by atoms with van der Waals surface area (Å²) in [5.74, 6) is -0.254. The molecular weight excluding hydrogens is 701 g/mol. The molecular formula is C21H48O14Si8. The van der Waals surface area contributed by atoms with Crippen LogP contribution >= 0.6 is 0 Å². The van der Waals surface area contributed by atoms with Gasteiger partial charge in [-0.25, -0.2) is 0 Å². The third-order valence-corrected chi connectivity index (χ3v) is 43.7. The molecule has 6 aliphatic rings. The molecule has 6 fully saturated rings. The standard InChI is InChI=1S/C21H48O14Si8/c1-10-21(8,9)20(22)23-18-17-19-43-26-36-24-37(11-2)27-39(13-4)28-38(12-3,25-36)30-41(15-6,35-43)33-42(16-7,31-39)32-40(14-5,29-37)34-43/h36H,10-19H2,1-9H3. The topological polar surface area (TPSA) is 137 Å². The Bertz CT molecular complexity index is 1020. The summed E-state index contributed by atoms with van der Waals surface area (Å²) in [6.07, 6.45) is 1.09. The van der Waals surface area contributed by atoms with E-state index in [0.29, 0.717) is 55.2 Å². The van der Waals surface area contributed by atoms with Gasteiger partial charge in [0.25, 0.3) is 0 Å². The molecule has 0 N–H and O–H groups in total. The van der Waals surface area contributed by atoms with Crippen molar-refractivity contribution in [2.24, 2.45) is 5.41 Å². The number of ether oxygens (including phenoxy) is 1. The summed E-state index contributed by atoms with van der Waals surface area (Å²) in [6.45, 7) is 17.6. The predicted molar refractivity (Wildman–Crippen MR) is 168 cm³/mol. The highest BCUT2D eigenvalue weighted by Crippen LogP contribution is 2.51. The van der Waals surface area contributed by atoms with Crippen molar-refractivity contribution < 1.29 is 58.9 Å². The zero-order valence-corrected chi connectivity index (χ0v) is 35.0. The molecule has 0 aliphatic carbocycles. The van der Waals surface area contributed by atoms with Gasteiger partial charge in [-0.05, 0) is 26.7 Å². The summed E-state index contributed by atoms with van der Waals surface area (Å²) < 4.78 is 89.3. The molecule has 0 amide bonds. The molecule has 0 spiro atoms. The van der Waals surface area contributed by atoms with Gasteiger partial charge in [0.2, 0.25) is 0 Å². The second-order valence-corrected chi connectivity index (χ2v) is 37.0. The van der Waals surface area contributed by atoms with Gasteiger partial charge in [0.15, 0.2) is 0 Å². The fourth-order valence-electron chi connectivity index (χ4n) is 5.38. The second-order valence-electron chi connectivity index (χ2n) is 11.9. The molecule has 0 saturated carbocycles. The van der Waals surface area contributed by atoms with E-state index in [0.717, 1.165) is 0 Å². The minimum absolute atomic E-state index is 0.167. The molecule has 22 heteroatoms. The maximum Gasteiger partial charge on any atom is 0.478 e. The smallest absolute Gasteiger partial charge is 0.465 e. The van der Waals surface area contributed by atoms with E-state index in [2.05, 4.69) is 0 Å². The molecule has 6 heterocycles. The number of rotatable bonds is 12. The maximum absolute atomic E-state index is 12.7. The molecule has 43 heavy (non-hydrogen) atoms. The zero-order chi connectivity index (χ0) is 31.4. The Labute approximate surface area is 264 Å². The lowest BCUT2D eigenvalue weighted by atomic mass is 9.91. The maximum atomic E-state index is 12.7. The van der Waals surface area contributed by atoms with Gasteiger partial charge in [0, 0.05) is 42.3 Å². The van der Waals surface area contributed by atoms with Crippen molar-refractivity contribution in [1.82, 2.24) is 0 Å². The number of carbonyl (C=O) groups is 1. The van der Waals surface area contributed by atoms with E-state index in [1.54, 1.807) is 0 Å². The summed E-state index contributed by atoms with van der Waals surface area (Å²) in [7, 11) is -28.6. The Morgan fingerprint density at radius 1 is 0.558 bits per heavy atom. The van der Waals surface area contributed by atoms with E-state index < -0.39 is 76.6 Å². The molecule has 0 aromatic heterocycles. The largest absolute Gasteiger partial charge is 0.478 e. The second kappa shape index (κ2) is 12.3. The van der Waals surface area contributed by atoms with E-state index in [1.165, 1.54) is 0 Å². The van der Waals surface area contributed by atoms with Crippen LogP contribution in [0.2, 0.25) is 42.3 Å². The lowest BCUT2D eigenvalue weighted by Gasteiger charge is -2.61. The average Bonchev–Trinajstić information content (AvgIpc) is 2.94. The van der Waals surface area contributed by atoms with Crippen LogP contribution in [0.15, 0.2) is 0 Å². The van der Waals surface area contributed by atoms with Crippen LogP contribution in [0.4, 0.5) is 0 Å². The molecule has 6 saturated heterocycles. The first-order valence-electron chi connectivity index (χ1n) is 15.7. The van der Waals surface area contributed by atoms with Gasteiger partial charge in [0.05, 0.1) is 12.0 Å². The normalized spacial score (nSPS) is 45.7. The van der Waals surface area contributed by atoms with Gasteiger partial charge in [-0.15, -0.1) is 0 Å². The van der Waals surface area contributed by atoms with Crippen LogP contribution in [0.3, 0.4) is 0 Å². The molecule has 8 bridgehead atoms. The van der Waals surface area contributed by atoms with Crippen LogP contribution in [-0.2, 0) is 58.9 Å². The Morgan fingerprint density at radius 2 is 0.884 bits per heavy atom. The lowest BCUT2D eigenvalue weighted by Crippen LogP contribution is -2.86. The molecule has 6 rings (SSSR count). The van der Waals surface area contributed by atoms with E-state index >= 15 is 0 Å². The van der Waals surface area contributed by atoms with Crippen molar-refractivity contribution in [2.75, 3.05) is 6.61 Å². The van der Waals surface area contributed by atoms with Crippen molar-refractivity contribution in [3.8, 4) is 0 Å². The van der Waals surface area contributed by atoms with Crippen molar-refractivity contribution in [3.05, 3.63) is 0 Å². The fourth-order valence-corrected chi connectivity index (χ4v) is 52.1. The average molecular weight is 749 g/mol. The predicted octanol–water partition coefficient (Wildman–Crippen LogP) is 4.03. The van der Waals surface area contributed by atoms with Crippen LogP contribution in [0, 0.1) is 5.41 Å². The summed E-state index contributed by atoms with van der Waals surface area (Å²) in [5, 5.41) is 0. The quantitative estimate of drug-likeness (QED) is 0.161. The summed E-state index contributed by atoms with van der Waals surface area (Å²) in [5.41, 5.74) is -0.576. The van der Waals surface area contributed by atoms with E-state index in [4.69, 9.17) is 54.1 Å². The zero-order valence-electron chi connectivity index (χ0n) is 26.9. The molecule has 0 aromatic rings. The third kappa shape index (κ3) is 6.46. The first kappa shape index (κ1) is 35.0. The van der Waals surface area contributed by atoms with E-state index in [-0.39, 0.29) is 12.6 Å². The highest BCUT2D eigenvalue weighted by Gasteiger charge is 2.79. The monoisotopic (exact) mass is 748 g/mol. The number of hydrogen-bond acceptors (Lipinski definition) is 14. The minimum atomic E-state index is -3.78. The Kier molecular flexibility index (Phi) is 10.0. The van der Waals surface area contributed by atoms with E-state index in [9.17, 15) is 4.79 Å². The van der Waals surface area contributed by atoms with Gasteiger partial charge in [-0.3, -0.25) is 4.79 Å². The molecule has 4 atom stereocenters. The van der Waals surface area contributed by atoms with Gasteiger partial charge >= 0.3 is 77.1 Å².